The van der Waals surface area contributed by atoms with Crippen LogP contribution in [0.15, 0.2) is 72.9 Å². The van der Waals surface area contributed by atoms with Crippen molar-refractivity contribution in [2.75, 3.05) is 5.32 Å². The van der Waals surface area contributed by atoms with Crippen molar-refractivity contribution in [2.24, 2.45) is 0 Å². The van der Waals surface area contributed by atoms with E-state index in [2.05, 4.69) is 11.4 Å². The number of anilines is 1. The molecular weight excluding hydrogens is 336 g/mol. The molecule has 0 atom stereocenters. The predicted molar refractivity (Wildman–Crippen MR) is 104 cm³/mol. The summed E-state index contributed by atoms with van der Waals surface area (Å²) in [4.78, 5) is 17.6. The molecule has 0 radical (unpaired) electrons. The lowest BCUT2D eigenvalue weighted by atomic mass is 10.1. The van der Waals surface area contributed by atoms with Gasteiger partial charge in [0.2, 0.25) is 0 Å². The van der Waals surface area contributed by atoms with Crippen LogP contribution in [0.4, 0.5) is 5.82 Å². The standard InChI is InChI=1S/C22H16N4O/c1-15-7-6-12-26-20(15)24-19(17-9-3-2-4-10-17)21(26)25-22(27)18-11-5-8-16(13-18)14-23/h2-13H,1H3,(H,25,27). The smallest absolute Gasteiger partial charge is 0.256 e. The third-order valence-electron chi connectivity index (χ3n) is 4.38. The fourth-order valence-electron chi connectivity index (χ4n) is 3.03. The molecule has 2 aromatic carbocycles. The summed E-state index contributed by atoms with van der Waals surface area (Å²) in [6.07, 6.45) is 1.88. The monoisotopic (exact) mass is 352 g/mol. The van der Waals surface area contributed by atoms with Crippen LogP contribution < -0.4 is 5.32 Å². The molecule has 5 heteroatoms. The van der Waals surface area contributed by atoms with Gasteiger partial charge in [-0.2, -0.15) is 5.26 Å². The number of pyridine rings is 1. The second-order valence-electron chi connectivity index (χ2n) is 6.21. The molecule has 0 aliphatic carbocycles. The molecule has 0 spiro atoms. The van der Waals surface area contributed by atoms with Crippen LogP contribution >= 0.6 is 0 Å². The SMILES string of the molecule is Cc1cccn2c(NC(=O)c3cccc(C#N)c3)c(-c3ccccc3)nc12. The van der Waals surface area contributed by atoms with Crippen LogP contribution in [0.2, 0.25) is 0 Å². The lowest BCUT2D eigenvalue weighted by molar-refractivity contribution is 0.102. The number of aryl methyl sites for hydroxylation is 1. The predicted octanol–water partition coefficient (Wildman–Crippen LogP) is 4.43. The van der Waals surface area contributed by atoms with Crippen molar-refractivity contribution in [2.45, 2.75) is 6.92 Å². The van der Waals surface area contributed by atoms with Crippen LogP contribution in [0, 0.1) is 18.3 Å². The molecule has 0 unspecified atom stereocenters. The molecule has 0 bridgehead atoms. The van der Waals surface area contributed by atoms with Gasteiger partial charge in [0.1, 0.15) is 17.2 Å². The number of amides is 1. The minimum atomic E-state index is -0.285. The maximum atomic E-state index is 12.8. The van der Waals surface area contributed by atoms with Crippen molar-refractivity contribution in [3.63, 3.8) is 0 Å². The van der Waals surface area contributed by atoms with Crippen molar-refractivity contribution in [3.05, 3.63) is 89.6 Å². The minimum Gasteiger partial charge on any atom is -0.306 e. The topological polar surface area (TPSA) is 70.2 Å². The first-order chi connectivity index (χ1) is 13.2. The molecule has 0 aliphatic rings. The van der Waals surface area contributed by atoms with Gasteiger partial charge in [0.25, 0.3) is 5.91 Å². The number of nitrogens with zero attached hydrogens (tertiary/aromatic N) is 3. The second-order valence-corrected chi connectivity index (χ2v) is 6.21. The number of imidazole rings is 1. The highest BCUT2D eigenvalue weighted by atomic mass is 16.1. The number of rotatable bonds is 3. The molecule has 0 fully saturated rings. The van der Waals surface area contributed by atoms with Gasteiger partial charge in [0.05, 0.1) is 11.6 Å². The van der Waals surface area contributed by atoms with Gasteiger partial charge in [0.15, 0.2) is 0 Å². The van der Waals surface area contributed by atoms with Crippen molar-refractivity contribution in [1.29, 1.82) is 5.26 Å². The first-order valence-electron chi connectivity index (χ1n) is 8.52. The summed E-state index contributed by atoms with van der Waals surface area (Å²) in [5.41, 5.74) is 4.30. The Bertz CT molecular complexity index is 1190. The Balaban J connectivity index is 1.84. The lowest BCUT2D eigenvalue weighted by Gasteiger charge is -2.08. The van der Waals surface area contributed by atoms with Gasteiger partial charge in [-0.05, 0) is 36.8 Å². The minimum absolute atomic E-state index is 0.285. The van der Waals surface area contributed by atoms with Crippen LogP contribution in [0.3, 0.4) is 0 Å². The Morgan fingerprint density at radius 3 is 2.67 bits per heavy atom. The number of carbonyl (C=O) groups excluding carboxylic acids is 1. The Labute approximate surface area is 156 Å². The largest absolute Gasteiger partial charge is 0.306 e. The third kappa shape index (κ3) is 3.05. The number of benzene rings is 2. The summed E-state index contributed by atoms with van der Waals surface area (Å²) < 4.78 is 1.88. The Kier molecular flexibility index (Phi) is 4.15. The number of hydrogen-bond acceptors (Lipinski definition) is 3. The van der Waals surface area contributed by atoms with Gasteiger partial charge >= 0.3 is 0 Å². The molecule has 4 rings (SSSR count). The van der Waals surface area contributed by atoms with Gasteiger partial charge < -0.3 is 5.32 Å². The highest BCUT2D eigenvalue weighted by molar-refractivity contribution is 6.06. The molecule has 0 saturated carbocycles. The zero-order valence-corrected chi connectivity index (χ0v) is 14.7. The van der Waals surface area contributed by atoms with E-state index in [4.69, 9.17) is 10.2 Å². The van der Waals surface area contributed by atoms with Crippen LogP contribution in [0.1, 0.15) is 21.5 Å². The number of fused-ring (bicyclic) bond motifs is 1. The number of aromatic nitrogens is 2. The van der Waals surface area contributed by atoms with E-state index in [1.54, 1.807) is 24.3 Å². The molecule has 2 aromatic heterocycles. The molecule has 1 amide bonds. The van der Waals surface area contributed by atoms with E-state index in [1.807, 2.05) is 60.0 Å². The average Bonchev–Trinajstić information content (AvgIpc) is 3.08. The summed E-state index contributed by atoms with van der Waals surface area (Å²) >= 11 is 0. The quantitative estimate of drug-likeness (QED) is 0.593. The number of nitriles is 1. The van der Waals surface area contributed by atoms with Crippen LogP contribution in [0.5, 0.6) is 0 Å². The first kappa shape index (κ1) is 16.6. The van der Waals surface area contributed by atoms with Gasteiger partial charge in [-0.15, -0.1) is 0 Å². The van der Waals surface area contributed by atoms with Crippen molar-refractivity contribution in [3.8, 4) is 17.3 Å². The lowest BCUT2D eigenvalue weighted by Crippen LogP contribution is -2.14. The van der Waals surface area contributed by atoms with Crippen molar-refractivity contribution < 1.29 is 4.79 Å². The van der Waals surface area contributed by atoms with E-state index in [0.29, 0.717) is 22.6 Å². The molecule has 130 valence electrons. The zero-order chi connectivity index (χ0) is 18.8. The normalized spacial score (nSPS) is 10.5. The molecule has 0 saturated heterocycles. The van der Waals surface area contributed by atoms with Crippen molar-refractivity contribution in [1.82, 2.24) is 9.38 Å². The number of hydrogen-bond donors (Lipinski definition) is 1. The Hall–Kier alpha value is -3.91. The molecule has 27 heavy (non-hydrogen) atoms. The Morgan fingerprint density at radius 1 is 1.07 bits per heavy atom. The molecule has 2 heterocycles. The third-order valence-corrected chi connectivity index (χ3v) is 4.38. The molecule has 5 nitrogen and oxygen atoms in total. The van der Waals surface area contributed by atoms with Gasteiger partial charge in [-0.3, -0.25) is 9.20 Å². The van der Waals surface area contributed by atoms with Crippen LogP contribution in [-0.2, 0) is 0 Å². The van der Waals surface area contributed by atoms with E-state index < -0.39 is 0 Å². The van der Waals surface area contributed by atoms with E-state index >= 15 is 0 Å². The van der Waals surface area contributed by atoms with E-state index in [9.17, 15) is 4.79 Å². The van der Waals surface area contributed by atoms with E-state index in [0.717, 1.165) is 16.8 Å². The average molecular weight is 352 g/mol. The fraction of sp³-hybridized carbons (Fsp3) is 0.0455. The van der Waals surface area contributed by atoms with Gasteiger partial charge in [-0.1, -0.05) is 42.5 Å². The second kappa shape index (κ2) is 6.77. The highest BCUT2D eigenvalue weighted by Gasteiger charge is 2.18. The first-order valence-corrected chi connectivity index (χ1v) is 8.52. The highest BCUT2D eigenvalue weighted by Crippen LogP contribution is 2.30. The van der Waals surface area contributed by atoms with E-state index in [-0.39, 0.29) is 5.91 Å². The maximum absolute atomic E-state index is 12.8. The van der Waals surface area contributed by atoms with Gasteiger partial charge in [0, 0.05) is 17.3 Å². The summed E-state index contributed by atoms with van der Waals surface area (Å²) in [5, 5.41) is 12.0. The van der Waals surface area contributed by atoms with Crippen LogP contribution in [-0.4, -0.2) is 15.3 Å². The zero-order valence-electron chi connectivity index (χ0n) is 14.7. The number of carbonyl (C=O) groups is 1. The Morgan fingerprint density at radius 2 is 1.89 bits per heavy atom. The summed E-state index contributed by atoms with van der Waals surface area (Å²) in [6.45, 7) is 1.99. The molecule has 1 N–H and O–H groups in total. The molecular formula is C22H16N4O. The van der Waals surface area contributed by atoms with Gasteiger partial charge in [-0.25, -0.2) is 4.98 Å². The summed E-state index contributed by atoms with van der Waals surface area (Å²) in [7, 11) is 0. The van der Waals surface area contributed by atoms with Crippen molar-refractivity contribution >= 4 is 17.4 Å². The maximum Gasteiger partial charge on any atom is 0.256 e. The number of nitrogens with one attached hydrogen (secondary N) is 1. The van der Waals surface area contributed by atoms with E-state index in [1.165, 1.54) is 0 Å². The summed E-state index contributed by atoms with van der Waals surface area (Å²) in [5.74, 6) is 0.319. The molecule has 4 aromatic rings. The molecule has 0 aliphatic heterocycles. The fourth-order valence-corrected chi connectivity index (χ4v) is 3.03. The van der Waals surface area contributed by atoms with Crippen LogP contribution in [0.25, 0.3) is 16.9 Å². The summed E-state index contributed by atoms with van der Waals surface area (Å²) in [6, 6.07) is 22.3.